The molecule has 0 saturated heterocycles. The largest absolute Gasteiger partial charge is 0.416 e. The summed E-state index contributed by atoms with van der Waals surface area (Å²) >= 11 is 1.25. The summed E-state index contributed by atoms with van der Waals surface area (Å²) in [5, 5.41) is 3.32. The first-order valence-electron chi connectivity index (χ1n) is 6.69. The number of carbonyl (C=O) groups is 1. The molecule has 23 heavy (non-hydrogen) atoms. The van der Waals surface area contributed by atoms with Crippen molar-refractivity contribution in [3.05, 3.63) is 76.8 Å². The molecule has 120 valence electrons. The molecule has 0 bridgehead atoms. The highest BCUT2D eigenvalue weighted by molar-refractivity contribution is 8.02. The molecule has 0 spiro atoms. The third-order valence-corrected chi connectivity index (χ3v) is 3.66. The third-order valence-electron chi connectivity index (χ3n) is 3.00. The van der Waals surface area contributed by atoms with Crippen molar-refractivity contribution in [2.24, 2.45) is 0 Å². The van der Waals surface area contributed by atoms with E-state index < -0.39 is 11.7 Å². The molecule has 2 aromatic rings. The van der Waals surface area contributed by atoms with Gasteiger partial charge in [0, 0.05) is 17.3 Å². The lowest BCUT2D eigenvalue weighted by molar-refractivity contribution is -0.137. The minimum Gasteiger partial charge on any atom is -0.350 e. The van der Waals surface area contributed by atoms with Crippen molar-refractivity contribution in [2.45, 2.75) is 6.18 Å². The van der Waals surface area contributed by atoms with Crippen LogP contribution in [0.1, 0.15) is 15.9 Å². The van der Waals surface area contributed by atoms with Gasteiger partial charge < -0.3 is 5.32 Å². The second kappa shape index (κ2) is 7.37. The van der Waals surface area contributed by atoms with E-state index in [0.29, 0.717) is 10.6 Å². The highest BCUT2D eigenvalue weighted by Crippen LogP contribution is 2.31. The number of rotatable bonds is 5. The maximum absolute atomic E-state index is 12.7. The summed E-state index contributed by atoms with van der Waals surface area (Å²) in [5.41, 5.74) is 0.0588. The number of nitrogens with one attached hydrogen (secondary N) is 1. The van der Waals surface area contributed by atoms with Gasteiger partial charge in [0.2, 0.25) is 0 Å². The molecule has 0 aliphatic heterocycles. The molecule has 2 aromatic carbocycles. The molecule has 0 amide bonds. The van der Waals surface area contributed by atoms with Crippen molar-refractivity contribution in [1.29, 1.82) is 0 Å². The van der Waals surface area contributed by atoms with Crippen LogP contribution in [0.2, 0.25) is 0 Å². The number of halogens is 3. The average Bonchev–Trinajstić information content (AvgIpc) is 2.54. The Hall–Kier alpha value is -2.21. The van der Waals surface area contributed by atoms with Crippen molar-refractivity contribution in [1.82, 2.24) is 0 Å². The topological polar surface area (TPSA) is 29.1 Å². The standard InChI is InChI=1S/C17H14F3NOS/c1-23-16(11-15(22)12-6-3-2-4-7-12)21-14-9-5-8-13(10-14)17(18,19)20/h2-11,21H,1H3. The molecular weight excluding hydrogens is 323 g/mol. The van der Waals surface area contributed by atoms with Gasteiger partial charge >= 0.3 is 6.18 Å². The van der Waals surface area contributed by atoms with Gasteiger partial charge in [-0.25, -0.2) is 0 Å². The quantitative estimate of drug-likeness (QED) is 0.600. The van der Waals surface area contributed by atoms with E-state index in [4.69, 9.17) is 0 Å². The first-order valence-corrected chi connectivity index (χ1v) is 7.92. The predicted molar refractivity (Wildman–Crippen MR) is 87.4 cm³/mol. The normalized spacial score (nSPS) is 12.1. The number of hydrogen-bond donors (Lipinski definition) is 1. The number of hydrogen-bond acceptors (Lipinski definition) is 3. The van der Waals surface area contributed by atoms with Crippen molar-refractivity contribution in [3.8, 4) is 0 Å². The molecule has 2 rings (SSSR count). The molecule has 0 radical (unpaired) electrons. The lowest BCUT2D eigenvalue weighted by atomic mass is 10.1. The van der Waals surface area contributed by atoms with Crippen LogP contribution in [0.15, 0.2) is 65.7 Å². The van der Waals surface area contributed by atoms with Crippen LogP contribution in [0.5, 0.6) is 0 Å². The minimum absolute atomic E-state index is 0.213. The fourth-order valence-electron chi connectivity index (χ4n) is 1.87. The summed E-state index contributed by atoms with van der Waals surface area (Å²) in [6.45, 7) is 0. The van der Waals surface area contributed by atoms with Crippen LogP contribution in [0.3, 0.4) is 0 Å². The Labute approximate surface area is 136 Å². The molecule has 0 atom stereocenters. The Morgan fingerprint density at radius 1 is 1.09 bits per heavy atom. The van der Waals surface area contributed by atoms with E-state index in [9.17, 15) is 18.0 Å². The summed E-state index contributed by atoms with van der Waals surface area (Å²) in [7, 11) is 0. The van der Waals surface area contributed by atoms with Crippen LogP contribution >= 0.6 is 11.8 Å². The predicted octanol–water partition coefficient (Wildman–Crippen LogP) is 5.20. The van der Waals surface area contributed by atoms with Gasteiger partial charge in [-0.1, -0.05) is 36.4 Å². The minimum atomic E-state index is -4.40. The van der Waals surface area contributed by atoms with Gasteiger partial charge in [0.15, 0.2) is 5.78 Å². The molecule has 1 N–H and O–H groups in total. The number of anilines is 1. The molecule has 0 fully saturated rings. The molecule has 0 aliphatic carbocycles. The molecule has 0 unspecified atom stereocenters. The van der Waals surface area contributed by atoms with Gasteiger partial charge in [0.25, 0.3) is 0 Å². The fraction of sp³-hybridized carbons (Fsp3) is 0.118. The van der Waals surface area contributed by atoms with Gasteiger partial charge in [0.05, 0.1) is 10.6 Å². The number of benzene rings is 2. The molecule has 2 nitrogen and oxygen atoms in total. The monoisotopic (exact) mass is 337 g/mol. The summed E-state index contributed by atoms with van der Waals surface area (Å²) < 4.78 is 38.2. The lowest BCUT2D eigenvalue weighted by Crippen LogP contribution is -2.06. The van der Waals surface area contributed by atoms with Crippen molar-refractivity contribution in [3.63, 3.8) is 0 Å². The van der Waals surface area contributed by atoms with Crippen LogP contribution in [0.4, 0.5) is 18.9 Å². The number of ketones is 1. The number of carbonyl (C=O) groups excluding carboxylic acids is 1. The molecule has 6 heteroatoms. The van der Waals surface area contributed by atoms with Gasteiger partial charge in [-0.15, -0.1) is 11.8 Å². The van der Waals surface area contributed by atoms with Crippen molar-refractivity contribution in [2.75, 3.05) is 11.6 Å². The van der Waals surface area contributed by atoms with Crippen molar-refractivity contribution < 1.29 is 18.0 Å². The van der Waals surface area contributed by atoms with E-state index in [0.717, 1.165) is 12.1 Å². The van der Waals surface area contributed by atoms with Gasteiger partial charge in [0.1, 0.15) is 0 Å². The van der Waals surface area contributed by atoms with Crippen LogP contribution in [0.25, 0.3) is 0 Å². The van der Waals surface area contributed by atoms with Crippen LogP contribution < -0.4 is 5.32 Å². The summed E-state index contributed by atoms with van der Waals surface area (Å²) in [6, 6.07) is 13.5. The second-order valence-electron chi connectivity index (χ2n) is 4.65. The Morgan fingerprint density at radius 2 is 1.78 bits per heavy atom. The molecule has 0 aromatic heterocycles. The van der Waals surface area contributed by atoms with Crippen LogP contribution in [0, 0.1) is 0 Å². The van der Waals surface area contributed by atoms with E-state index in [1.807, 2.05) is 0 Å². The fourth-order valence-corrected chi connectivity index (χ4v) is 2.31. The molecule has 0 heterocycles. The summed E-state index contributed by atoms with van der Waals surface area (Å²) in [5.74, 6) is -0.213. The van der Waals surface area contributed by atoms with E-state index in [1.54, 1.807) is 36.6 Å². The van der Waals surface area contributed by atoms with E-state index in [-0.39, 0.29) is 11.5 Å². The number of allylic oxidation sites excluding steroid dienone is 1. The zero-order chi connectivity index (χ0) is 16.9. The number of thioether (sulfide) groups is 1. The summed E-state index contributed by atoms with van der Waals surface area (Å²) in [6.07, 6.45) is -1.29. The lowest BCUT2D eigenvalue weighted by Gasteiger charge is -2.11. The summed E-state index contributed by atoms with van der Waals surface area (Å²) in [4.78, 5) is 12.1. The molecule has 0 aliphatic rings. The zero-order valence-corrected chi connectivity index (χ0v) is 13.0. The Balaban J connectivity index is 2.20. The van der Waals surface area contributed by atoms with Gasteiger partial charge in [-0.05, 0) is 24.5 Å². The van der Waals surface area contributed by atoms with E-state index in [1.165, 1.54) is 30.0 Å². The Bertz CT molecular complexity index is 711. The van der Waals surface area contributed by atoms with Crippen LogP contribution in [-0.2, 0) is 6.18 Å². The second-order valence-corrected chi connectivity index (χ2v) is 5.49. The molecule has 0 saturated carbocycles. The number of alkyl halides is 3. The van der Waals surface area contributed by atoms with Gasteiger partial charge in [-0.2, -0.15) is 13.2 Å². The highest BCUT2D eigenvalue weighted by atomic mass is 32.2. The third kappa shape index (κ3) is 4.89. The Kier molecular flexibility index (Phi) is 5.50. The SMILES string of the molecule is CSC(=CC(=O)c1ccccc1)Nc1cccc(C(F)(F)F)c1. The maximum atomic E-state index is 12.7. The van der Waals surface area contributed by atoms with Crippen molar-refractivity contribution >= 4 is 23.2 Å². The van der Waals surface area contributed by atoms with E-state index in [2.05, 4.69) is 5.32 Å². The first kappa shape index (κ1) is 17.1. The first-order chi connectivity index (χ1) is 10.9. The van der Waals surface area contributed by atoms with Gasteiger partial charge in [-0.3, -0.25) is 4.79 Å². The average molecular weight is 337 g/mol. The van der Waals surface area contributed by atoms with E-state index >= 15 is 0 Å². The highest BCUT2D eigenvalue weighted by Gasteiger charge is 2.30. The Morgan fingerprint density at radius 3 is 2.39 bits per heavy atom. The van der Waals surface area contributed by atoms with Crippen LogP contribution in [-0.4, -0.2) is 12.0 Å². The zero-order valence-electron chi connectivity index (χ0n) is 12.2. The molecular formula is C17H14F3NOS. The smallest absolute Gasteiger partial charge is 0.350 e. The maximum Gasteiger partial charge on any atom is 0.416 e.